The standard InChI is InChI=1S/C23H27N3/c1-15-17-10-6-8-12-19(17)25-21(15)22-16(2)18-11-7-9-13-20(18)26(22)14-24-23(3,4)5/h6-14,16,22,25H,1-5H3. The van der Waals surface area contributed by atoms with E-state index in [0.29, 0.717) is 5.92 Å². The van der Waals surface area contributed by atoms with E-state index in [1.165, 1.54) is 33.4 Å². The molecule has 2 aromatic carbocycles. The second-order valence-electron chi connectivity index (χ2n) is 8.32. The summed E-state index contributed by atoms with van der Waals surface area (Å²) in [6, 6.07) is 17.5. The maximum Gasteiger partial charge on any atom is 0.0907 e. The fourth-order valence-electron chi connectivity index (χ4n) is 4.03. The van der Waals surface area contributed by atoms with Crippen molar-refractivity contribution < 1.29 is 0 Å². The summed E-state index contributed by atoms with van der Waals surface area (Å²) in [6.45, 7) is 11.0. The van der Waals surface area contributed by atoms with Crippen molar-refractivity contribution in [2.24, 2.45) is 4.99 Å². The fourth-order valence-corrected chi connectivity index (χ4v) is 4.03. The molecule has 1 aromatic heterocycles. The summed E-state index contributed by atoms with van der Waals surface area (Å²) < 4.78 is 0. The van der Waals surface area contributed by atoms with Crippen LogP contribution in [0.4, 0.5) is 5.69 Å². The van der Waals surface area contributed by atoms with E-state index in [9.17, 15) is 0 Å². The van der Waals surface area contributed by atoms with E-state index in [2.05, 4.69) is 93.0 Å². The highest BCUT2D eigenvalue weighted by Gasteiger charge is 2.38. The number of aromatic nitrogens is 1. The van der Waals surface area contributed by atoms with E-state index < -0.39 is 0 Å². The number of aliphatic imine (C=N–C) groups is 1. The Bertz CT molecular complexity index is 975. The zero-order valence-corrected chi connectivity index (χ0v) is 16.2. The number of hydrogen-bond acceptors (Lipinski definition) is 1. The van der Waals surface area contributed by atoms with Crippen LogP contribution in [0.3, 0.4) is 0 Å². The molecule has 0 saturated heterocycles. The number of nitrogens with zero attached hydrogens (tertiary/aromatic N) is 2. The monoisotopic (exact) mass is 345 g/mol. The van der Waals surface area contributed by atoms with Crippen molar-refractivity contribution in [3.63, 3.8) is 0 Å². The molecule has 0 radical (unpaired) electrons. The van der Waals surface area contributed by atoms with Crippen LogP contribution in [-0.4, -0.2) is 16.9 Å². The first kappa shape index (κ1) is 16.9. The Balaban J connectivity index is 1.87. The first-order chi connectivity index (χ1) is 12.4. The summed E-state index contributed by atoms with van der Waals surface area (Å²) in [6.07, 6.45) is 2.04. The van der Waals surface area contributed by atoms with Crippen LogP contribution in [0.5, 0.6) is 0 Å². The molecule has 3 heteroatoms. The number of hydrogen-bond donors (Lipinski definition) is 1. The summed E-state index contributed by atoms with van der Waals surface area (Å²) in [5.74, 6) is 0.393. The number of fused-ring (bicyclic) bond motifs is 2. The van der Waals surface area contributed by atoms with Gasteiger partial charge in [0.25, 0.3) is 0 Å². The van der Waals surface area contributed by atoms with Crippen LogP contribution in [0.1, 0.15) is 56.5 Å². The van der Waals surface area contributed by atoms with Crippen LogP contribution in [0.15, 0.2) is 53.5 Å². The maximum absolute atomic E-state index is 4.82. The molecule has 3 aromatic rings. The molecule has 1 aliphatic rings. The third-order valence-corrected chi connectivity index (χ3v) is 5.35. The lowest BCUT2D eigenvalue weighted by Crippen LogP contribution is -2.27. The van der Waals surface area contributed by atoms with Gasteiger partial charge in [0, 0.05) is 28.2 Å². The van der Waals surface area contributed by atoms with Crippen molar-refractivity contribution in [2.45, 2.75) is 52.1 Å². The number of rotatable bonds is 2. The highest BCUT2D eigenvalue weighted by molar-refractivity contribution is 5.89. The van der Waals surface area contributed by atoms with Crippen molar-refractivity contribution in [3.8, 4) is 0 Å². The number of anilines is 1. The Kier molecular flexibility index (Phi) is 3.91. The van der Waals surface area contributed by atoms with Gasteiger partial charge in [-0.25, -0.2) is 0 Å². The molecule has 1 N–H and O–H groups in total. The molecule has 1 aliphatic heterocycles. The molecule has 0 spiro atoms. The summed E-state index contributed by atoms with van der Waals surface area (Å²) >= 11 is 0. The van der Waals surface area contributed by atoms with E-state index in [1.807, 2.05) is 6.34 Å². The van der Waals surface area contributed by atoms with Gasteiger partial charge in [0.2, 0.25) is 0 Å². The van der Waals surface area contributed by atoms with E-state index in [0.717, 1.165) is 0 Å². The minimum absolute atomic E-state index is 0.0964. The smallest absolute Gasteiger partial charge is 0.0907 e. The second-order valence-corrected chi connectivity index (χ2v) is 8.32. The van der Waals surface area contributed by atoms with Crippen LogP contribution < -0.4 is 4.90 Å². The Hall–Kier alpha value is -2.55. The second kappa shape index (κ2) is 6.01. The minimum atomic E-state index is -0.0964. The summed E-state index contributed by atoms with van der Waals surface area (Å²) in [5.41, 5.74) is 6.37. The van der Waals surface area contributed by atoms with Gasteiger partial charge in [-0.15, -0.1) is 0 Å². The highest BCUT2D eigenvalue weighted by Crippen LogP contribution is 2.49. The number of para-hydroxylation sites is 2. The van der Waals surface area contributed by atoms with Gasteiger partial charge in [-0.2, -0.15) is 0 Å². The van der Waals surface area contributed by atoms with Crippen LogP contribution in [0, 0.1) is 6.92 Å². The van der Waals surface area contributed by atoms with Gasteiger partial charge < -0.3 is 9.88 Å². The fraction of sp³-hybridized carbons (Fsp3) is 0.348. The minimum Gasteiger partial charge on any atom is -0.356 e. The van der Waals surface area contributed by atoms with E-state index in [4.69, 9.17) is 4.99 Å². The van der Waals surface area contributed by atoms with Crippen molar-refractivity contribution in [3.05, 3.63) is 65.4 Å². The lowest BCUT2D eigenvalue weighted by Gasteiger charge is -2.27. The molecule has 0 saturated carbocycles. The van der Waals surface area contributed by atoms with Crippen molar-refractivity contribution in [1.82, 2.24) is 4.98 Å². The lowest BCUT2D eigenvalue weighted by molar-refractivity contribution is 0.577. The first-order valence-electron chi connectivity index (χ1n) is 9.36. The van der Waals surface area contributed by atoms with Crippen LogP contribution in [0.2, 0.25) is 0 Å². The largest absolute Gasteiger partial charge is 0.356 e. The average Bonchev–Trinajstić information content (AvgIpc) is 3.08. The van der Waals surface area contributed by atoms with Crippen LogP contribution in [0.25, 0.3) is 10.9 Å². The van der Waals surface area contributed by atoms with Crippen molar-refractivity contribution in [1.29, 1.82) is 0 Å². The van der Waals surface area contributed by atoms with Crippen molar-refractivity contribution >= 4 is 22.9 Å². The molecule has 26 heavy (non-hydrogen) atoms. The third-order valence-electron chi connectivity index (χ3n) is 5.35. The van der Waals surface area contributed by atoms with Crippen LogP contribution in [-0.2, 0) is 0 Å². The molecule has 0 amide bonds. The molecular weight excluding hydrogens is 318 g/mol. The van der Waals surface area contributed by atoms with Gasteiger partial charge in [0.05, 0.1) is 17.9 Å². The number of aromatic amines is 1. The van der Waals surface area contributed by atoms with Gasteiger partial charge in [-0.3, -0.25) is 4.99 Å². The Morgan fingerprint density at radius 1 is 1.04 bits per heavy atom. The Morgan fingerprint density at radius 3 is 2.46 bits per heavy atom. The van der Waals surface area contributed by atoms with Gasteiger partial charge in [0.1, 0.15) is 0 Å². The number of benzene rings is 2. The van der Waals surface area contributed by atoms with Gasteiger partial charge in [-0.05, 0) is 51.0 Å². The third kappa shape index (κ3) is 2.72. The highest BCUT2D eigenvalue weighted by atomic mass is 15.2. The number of H-pyrrole nitrogens is 1. The van der Waals surface area contributed by atoms with Gasteiger partial charge in [0.15, 0.2) is 0 Å². The zero-order chi connectivity index (χ0) is 18.5. The first-order valence-corrected chi connectivity index (χ1v) is 9.36. The molecule has 2 heterocycles. The van der Waals surface area contributed by atoms with E-state index >= 15 is 0 Å². The molecule has 2 atom stereocenters. The summed E-state index contributed by atoms with van der Waals surface area (Å²) in [7, 11) is 0. The van der Waals surface area contributed by atoms with Gasteiger partial charge >= 0.3 is 0 Å². The molecule has 4 rings (SSSR count). The van der Waals surface area contributed by atoms with Gasteiger partial charge in [-0.1, -0.05) is 43.3 Å². The van der Waals surface area contributed by atoms with Crippen molar-refractivity contribution in [2.75, 3.05) is 4.90 Å². The Labute approximate surface area is 155 Å². The summed E-state index contributed by atoms with van der Waals surface area (Å²) in [4.78, 5) is 10.9. The zero-order valence-electron chi connectivity index (χ0n) is 16.2. The molecule has 0 fully saturated rings. The lowest BCUT2D eigenvalue weighted by atomic mass is 9.93. The predicted octanol–water partition coefficient (Wildman–Crippen LogP) is 5.97. The quantitative estimate of drug-likeness (QED) is 0.450. The Morgan fingerprint density at radius 2 is 1.73 bits per heavy atom. The SMILES string of the molecule is Cc1c(C2C(C)c3ccccc3N2C=NC(C)(C)C)[nH]c2ccccc12. The number of nitrogens with one attached hydrogen (secondary N) is 1. The molecule has 0 bridgehead atoms. The maximum atomic E-state index is 4.82. The molecular formula is C23H27N3. The topological polar surface area (TPSA) is 31.4 Å². The summed E-state index contributed by atoms with van der Waals surface area (Å²) in [5, 5.41) is 1.30. The van der Waals surface area contributed by atoms with E-state index in [1.54, 1.807) is 0 Å². The molecule has 0 aliphatic carbocycles. The predicted molar refractivity (Wildman–Crippen MR) is 111 cm³/mol. The molecule has 134 valence electrons. The average molecular weight is 345 g/mol. The number of aryl methyl sites for hydroxylation is 1. The normalized spacial score (nSPS) is 20.3. The van der Waals surface area contributed by atoms with Crippen LogP contribution >= 0.6 is 0 Å². The van der Waals surface area contributed by atoms with E-state index in [-0.39, 0.29) is 11.6 Å². The molecule has 3 nitrogen and oxygen atoms in total. The molecule has 2 unspecified atom stereocenters.